The van der Waals surface area contributed by atoms with Crippen molar-refractivity contribution in [1.29, 1.82) is 0 Å². The van der Waals surface area contributed by atoms with Crippen molar-refractivity contribution in [3.8, 4) is 0 Å². The zero-order chi connectivity index (χ0) is 15.6. The van der Waals surface area contributed by atoms with Gasteiger partial charge in [0.1, 0.15) is 6.54 Å². The van der Waals surface area contributed by atoms with E-state index in [1.807, 2.05) is 0 Å². The Morgan fingerprint density at radius 1 is 1.38 bits per heavy atom. The molecule has 2 rings (SSSR count). The number of alkyl halides is 3. The third kappa shape index (κ3) is 3.87. The van der Waals surface area contributed by atoms with Crippen molar-refractivity contribution >= 4 is 11.8 Å². The first kappa shape index (κ1) is 16.1. The fraction of sp³-hybridized carbons (Fsp3) is 0.846. The lowest BCUT2D eigenvalue weighted by molar-refractivity contribution is -0.157. The Bertz CT molecular complexity index is 410. The number of rotatable bonds is 5. The molecule has 0 aromatic rings. The van der Waals surface area contributed by atoms with Crippen molar-refractivity contribution in [2.24, 2.45) is 5.92 Å². The van der Waals surface area contributed by atoms with Crippen LogP contribution in [0.15, 0.2) is 0 Å². The molecular weight excluding hydrogens is 289 g/mol. The van der Waals surface area contributed by atoms with E-state index in [4.69, 9.17) is 5.11 Å². The van der Waals surface area contributed by atoms with Gasteiger partial charge in [0.05, 0.1) is 12.5 Å². The van der Waals surface area contributed by atoms with E-state index in [9.17, 15) is 22.8 Å². The van der Waals surface area contributed by atoms with E-state index in [-0.39, 0.29) is 38.1 Å². The summed E-state index contributed by atoms with van der Waals surface area (Å²) < 4.78 is 37.1. The Labute approximate surface area is 120 Å². The van der Waals surface area contributed by atoms with Gasteiger partial charge in [0.15, 0.2) is 0 Å². The van der Waals surface area contributed by atoms with Gasteiger partial charge in [-0.15, -0.1) is 0 Å². The molecule has 1 aliphatic carbocycles. The van der Waals surface area contributed by atoms with Crippen molar-refractivity contribution in [3.63, 3.8) is 0 Å². The third-order valence-corrected chi connectivity index (χ3v) is 4.07. The van der Waals surface area contributed by atoms with Crippen molar-refractivity contribution in [2.45, 2.75) is 37.9 Å². The van der Waals surface area contributed by atoms with E-state index in [0.29, 0.717) is 4.90 Å². The summed E-state index contributed by atoms with van der Waals surface area (Å²) in [7, 11) is 0. The van der Waals surface area contributed by atoms with Gasteiger partial charge in [-0.25, -0.2) is 0 Å². The van der Waals surface area contributed by atoms with Crippen LogP contribution >= 0.6 is 0 Å². The van der Waals surface area contributed by atoms with Gasteiger partial charge in [-0.05, 0) is 19.3 Å². The Balaban J connectivity index is 1.97. The molecule has 0 aromatic carbocycles. The molecule has 1 atom stereocenters. The molecule has 1 heterocycles. The molecule has 0 radical (unpaired) electrons. The van der Waals surface area contributed by atoms with Crippen LogP contribution in [-0.2, 0) is 9.59 Å². The van der Waals surface area contributed by atoms with Crippen LogP contribution in [0.2, 0.25) is 0 Å². The van der Waals surface area contributed by atoms with Gasteiger partial charge in [-0.2, -0.15) is 13.2 Å². The highest BCUT2D eigenvalue weighted by Crippen LogP contribution is 2.29. The Kier molecular flexibility index (Phi) is 4.75. The highest BCUT2D eigenvalue weighted by Gasteiger charge is 2.42. The first-order valence-corrected chi connectivity index (χ1v) is 7.07. The minimum atomic E-state index is -4.45. The number of hydrogen-bond donors (Lipinski definition) is 1. The lowest BCUT2D eigenvalue weighted by Crippen LogP contribution is -2.48. The summed E-state index contributed by atoms with van der Waals surface area (Å²) >= 11 is 0. The lowest BCUT2D eigenvalue weighted by atomic mass is 9.90. The van der Waals surface area contributed by atoms with E-state index in [1.165, 1.54) is 4.90 Å². The molecule has 0 aromatic heterocycles. The Morgan fingerprint density at radius 3 is 2.52 bits per heavy atom. The summed E-state index contributed by atoms with van der Waals surface area (Å²) in [5, 5.41) is 9.03. The molecular formula is C13H19F3N2O3. The molecule has 1 N–H and O–H groups in total. The maximum Gasteiger partial charge on any atom is 0.406 e. The quantitative estimate of drug-likeness (QED) is 0.816. The van der Waals surface area contributed by atoms with Crippen LogP contribution in [0.25, 0.3) is 0 Å². The van der Waals surface area contributed by atoms with Gasteiger partial charge in [0.2, 0.25) is 11.8 Å². The molecule has 1 saturated carbocycles. The number of aliphatic hydroxyl groups is 1. The standard InChI is InChI=1S/C13H19F3N2O3/c14-13(15,16)8-17-7-9(6-11(17)20)12(21)18(4-5-19)10-2-1-3-10/h9-10,19H,1-8H2. The van der Waals surface area contributed by atoms with Crippen LogP contribution in [-0.4, -0.2) is 65.2 Å². The van der Waals surface area contributed by atoms with Crippen molar-refractivity contribution < 1.29 is 27.9 Å². The van der Waals surface area contributed by atoms with Crippen LogP contribution in [0.4, 0.5) is 13.2 Å². The van der Waals surface area contributed by atoms with Gasteiger partial charge in [-0.1, -0.05) is 0 Å². The monoisotopic (exact) mass is 308 g/mol. The minimum absolute atomic E-state index is 0.0522. The highest BCUT2D eigenvalue weighted by atomic mass is 19.4. The van der Waals surface area contributed by atoms with Crippen molar-refractivity contribution in [1.82, 2.24) is 9.80 Å². The molecule has 0 bridgehead atoms. The Hall–Kier alpha value is -1.31. The molecule has 0 spiro atoms. The normalized spacial score (nSPS) is 23.3. The van der Waals surface area contributed by atoms with Crippen LogP contribution in [0, 0.1) is 5.92 Å². The first-order valence-electron chi connectivity index (χ1n) is 7.07. The SMILES string of the molecule is O=C1CC(C(=O)N(CCO)C2CCC2)CN1CC(F)(F)F. The smallest absolute Gasteiger partial charge is 0.395 e. The van der Waals surface area contributed by atoms with E-state index in [2.05, 4.69) is 0 Å². The van der Waals surface area contributed by atoms with Gasteiger partial charge in [0.25, 0.3) is 0 Å². The number of carbonyl (C=O) groups excluding carboxylic acids is 2. The third-order valence-electron chi connectivity index (χ3n) is 4.07. The van der Waals surface area contributed by atoms with Crippen LogP contribution in [0.1, 0.15) is 25.7 Å². The van der Waals surface area contributed by atoms with E-state index < -0.39 is 24.5 Å². The number of amides is 2. The maximum atomic E-state index is 12.4. The summed E-state index contributed by atoms with van der Waals surface area (Å²) in [5.41, 5.74) is 0. The zero-order valence-corrected chi connectivity index (χ0v) is 11.6. The highest BCUT2D eigenvalue weighted by molar-refractivity contribution is 5.89. The molecule has 1 saturated heterocycles. The number of halogens is 3. The fourth-order valence-corrected chi connectivity index (χ4v) is 2.82. The number of likely N-dealkylation sites (tertiary alicyclic amines) is 1. The molecule has 1 aliphatic heterocycles. The van der Waals surface area contributed by atoms with E-state index >= 15 is 0 Å². The van der Waals surface area contributed by atoms with Crippen LogP contribution in [0.5, 0.6) is 0 Å². The van der Waals surface area contributed by atoms with Crippen molar-refractivity contribution in [2.75, 3.05) is 26.2 Å². The maximum absolute atomic E-state index is 12.4. The second-order valence-electron chi connectivity index (χ2n) is 5.63. The molecule has 120 valence electrons. The lowest BCUT2D eigenvalue weighted by Gasteiger charge is -2.38. The van der Waals surface area contributed by atoms with Crippen LogP contribution < -0.4 is 0 Å². The summed E-state index contributed by atoms with van der Waals surface area (Å²) in [6.07, 6.45) is -1.93. The number of aliphatic hydroxyl groups excluding tert-OH is 1. The minimum Gasteiger partial charge on any atom is -0.395 e. The molecule has 2 fully saturated rings. The predicted octanol–water partition coefficient (Wildman–Crippen LogP) is 0.771. The zero-order valence-electron chi connectivity index (χ0n) is 11.6. The molecule has 21 heavy (non-hydrogen) atoms. The molecule has 2 amide bonds. The van der Waals surface area contributed by atoms with E-state index in [0.717, 1.165) is 19.3 Å². The summed E-state index contributed by atoms with van der Waals surface area (Å²) in [6.45, 7) is -1.51. The summed E-state index contributed by atoms with van der Waals surface area (Å²) in [6, 6.07) is 0.0522. The van der Waals surface area contributed by atoms with Gasteiger partial charge < -0.3 is 14.9 Å². The number of hydrogen-bond acceptors (Lipinski definition) is 3. The topological polar surface area (TPSA) is 60.9 Å². The summed E-state index contributed by atoms with van der Waals surface area (Å²) in [5.74, 6) is -1.68. The number of carbonyl (C=O) groups is 2. The van der Waals surface area contributed by atoms with Gasteiger partial charge in [0, 0.05) is 25.6 Å². The molecule has 2 aliphatic rings. The predicted molar refractivity (Wildman–Crippen MR) is 67.2 cm³/mol. The average Bonchev–Trinajstić information content (AvgIpc) is 2.65. The first-order chi connectivity index (χ1) is 9.81. The molecule has 5 nitrogen and oxygen atoms in total. The second-order valence-corrected chi connectivity index (χ2v) is 5.63. The van der Waals surface area contributed by atoms with Gasteiger partial charge >= 0.3 is 6.18 Å². The Morgan fingerprint density at radius 2 is 2.05 bits per heavy atom. The van der Waals surface area contributed by atoms with Crippen molar-refractivity contribution in [3.05, 3.63) is 0 Å². The molecule has 8 heteroatoms. The number of nitrogens with zero attached hydrogens (tertiary/aromatic N) is 2. The molecule has 1 unspecified atom stereocenters. The van der Waals surface area contributed by atoms with Crippen LogP contribution in [0.3, 0.4) is 0 Å². The van der Waals surface area contributed by atoms with Gasteiger partial charge in [-0.3, -0.25) is 9.59 Å². The second kappa shape index (κ2) is 6.21. The largest absolute Gasteiger partial charge is 0.406 e. The summed E-state index contributed by atoms with van der Waals surface area (Å²) in [4.78, 5) is 26.2. The average molecular weight is 308 g/mol. The fourth-order valence-electron chi connectivity index (χ4n) is 2.82. The van der Waals surface area contributed by atoms with E-state index in [1.54, 1.807) is 0 Å².